The SMILES string of the molecule is CCCNCC1OCCN(C)C1c1ccncc1. The second-order valence-electron chi connectivity index (χ2n) is 4.82. The van der Waals surface area contributed by atoms with Crippen LogP contribution < -0.4 is 5.32 Å². The smallest absolute Gasteiger partial charge is 0.0896 e. The maximum atomic E-state index is 5.94. The normalized spacial score (nSPS) is 25.2. The Labute approximate surface area is 109 Å². The van der Waals surface area contributed by atoms with Crippen molar-refractivity contribution in [3.63, 3.8) is 0 Å². The summed E-state index contributed by atoms with van der Waals surface area (Å²) in [6.45, 7) is 5.94. The summed E-state index contributed by atoms with van der Waals surface area (Å²) in [5, 5.41) is 3.46. The number of morpholine rings is 1. The third kappa shape index (κ3) is 3.28. The molecule has 0 radical (unpaired) electrons. The van der Waals surface area contributed by atoms with Crippen LogP contribution in [0.1, 0.15) is 24.9 Å². The van der Waals surface area contributed by atoms with Gasteiger partial charge in [0.05, 0.1) is 18.8 Å². The molecule has 1 fully saturated rings. The summed E-state index contributed by atoms with van der Waals surface area (Å²) in [7, 11) is 2.17. The molecule has 1 saturated heterocycles. The average molecular weight is 249 g/mol. The Morgan fingerprint density at radius 1 is 1.44 bits per heavy atom. The van der Waals surface area contributed by atoms with Crippen molar-refractivity contribution in [2.24, 2.45) is 0 Å². The van der Waals surface area contributed by atoms with Gasteiger partial charge in [-0.05, 0) is 37.7 Å². The fourth-order valence-corrected chi connectivity index (χ4v) is 2.48. The van der Waals surface area contributed by atoms with Crippen LogP contribution in [-0.2, 0) is 4.74 Å². The van der Waals surface area contributed by atoms with Crippen molar-refractivity contribution in [1.29, 1.82) is 0 Å². The van der Waals surface area contributed by atoms with Gasteiger partial charge in [-0.25, -0.2) is 0 Å². The van der Waals surface area contributed by atoms with Crippen molar-refractivity contribution in [1.82, 2.24) is 15.2 Å². The minimum atomic E-state index is 0.220. The van der Waals surface area contributed by atoms with E-state index in [1.807, 2.05) is 12.4 Å². The minimum absolute atomic E-state index is 0.220. The molecule has 1 N–H and O–H groups in total. The predicted molar refractivity (Wildman–Crippen MR) is 72.5 cm³/mol. The maximum absolute atomic E-state index is 5.94. The van der Waals surface area contributed by atoms with Gasteiger partial charge in [0.2, 0.25) is 0 Å². The highest BCUT2D eigenvalue weighted by atomic mass is 16.5. The molecule has 1 aromatic heterocycles. The molecule has 18 heavy (non-hydrogen) atoms. The van der Waals surface area contributed by atoms with Crippen LogP contribution in [0.2, 0.25) is 0 Å². The Balaban J connectivity index is 2.06. The van der Waals surface area contributed by atoms with Crippen LogP contribution in [0.15, 0.2) is 24.5 Å². The zero-order valence-electron chi connectivity index (χ0n) is 11.3. The first-order valence-electron chi connectivity index (χ1n) is 6.75. The van der Waals surface area contributed by atoms with E-state index < -0.39 is 0 Å². The van der Waals surface area contributed by atoms with Crippen molar-refractivity contribution in [3.8, 4) is 0 Å². The molecular formula is C14H23N3O. The molecule has 4 heteroatoms. The fourth-order valence-electron chi connectivity index (χ4n) is 2.48. The Morgan fingerprint density at radius 2 is 2.22 bits per heavy atom. The van der Waals surface area contributed by atoms with Gasteiger partial charge in [-0.2, -0.15) is 0 Å². The summed E-state index contributed by atoms with van der Waals surface area (Å²) in [6, 6.07) is 4.50. The van der Waals surface area contributed by atoms with E-state index >= 15 is 0 Å². The third-order valence-corrected chi connectivity index (χ3v) is 3.42. The van der Waals surface area contributed by atoms with Gasteiger partial charge in [0.1, 0.15) is 0 Å². The molecule has 0 aromatic carbocycles. The van der Waals surface area contributed by atoms with E-state index in [9.17, 15) is 0 Å². The summed E-state index contributed by atoms with van der Waals surface area (Å²) in [5.41, 5.74) is 1.29. The Hall–Kier alpha value is -0.970. The van der Waals surface area contributed by atoms with Crippen LogP contribution in [0, 0.1) is 0 Å². The number of likely N-dealkylation sites (N-methyl/N-ethyl adjacent to an activating group) is 1. The molecule has 0 saturated carbocycles. The zero-order valence-corrected chi connectivity index (χ0v) is 11.3. The molecule has 2 unspecified atom stereocenters. The number of ether oxygens (including phenoxy) is 1. The maximum Gasteiger partial charge on any atom is 0.0896 e. The molecule has 1 aliphatic rings. The van der Waals surface area contributed by atoms with Gasteiger partial charge < -0.3 is 10.1 Å². The van der Waals surface area contributed by atoms with E-state index in [4.69, 9.17) is 4.74 Å². The highest BCUT2D eigenvalue weighted by Gasteiger charge is 2.30. The standard InChI is InChI=1S/C14H23N3O/c1-3-6-16-11-13-14(17(2)9-10-18-13)12-4-7-15-8-5-12/h4-5,7-8,13-14,16H,3,6,9-11H2,1-2H3. The van der Waals surface area contributed by atoms with E-state index in [2.05, 4.69) is 41.3 Å². The van der Waals surface area contributed by atoms with Crippen LogP contribution in [-0.4, -0.2) is 49.3 Å². The first-order valence-corrected chi connectivity index (χ1v) is 6.75. The van der Waals surface area contributed by atoms with Crippen molar-refractivity contribution in [2.75, 3.05) is 33.3 Å². The fraction of sp³-hybridized carbons (Fsp3) is 0.643. The predicted octanol–water partition coefficient (Wildman–Crippen LogP) is 1.45. The lowest BCUT2D eigenvalue weighted by Crippen LogP contribution is -2.47. The summed E-state index contributed by atoms with van der Waals surface area (Å²) in [5.74, 6) is 0. The molecule has 4 nitrogen and oxygen atoms in total. The molecule has 2 rings (SSSR count). The van der Waals surface area contributed by atoms with Gasteiger partial charge in [-0.15, -0.1) is 0 Å². The number of hydrogen-bond donors (Lipinski definition) is 1. The quantitative estimate of drug-likeness (QED) is 0.802. The van der Waals surface area contributed by atoms with Crippen LogP contribution >= 0.6 is 0 Å². The first-order chi connectivity index (χ1) is 8.83. The first kappa shape index (κ1) is 13.5. The van der Waals surface area contributed by atoms with E-state index in [1.54, 1.807) is 0 Å². The molecule has 0 amide bonds. The molecule has 0 bridgehead atoms. The molecule has 1 aromatic rings. The summed E-state index contributed by atoms with van der Waals surface area (Å²) >= 11 is 0. The minimum Gasteiger partial charge on any atom is -0.374 e. The molecule has 0 aliphatic carbocycles. The van der Waals surface area contributed by atoms with Gasteiger partial charge in [-0.1, -0.05) is 6.92 Å². The topological polar surface area (TPSA) is 37.4 Å². The van der Waals surface area contributed by atoms with E-state index in [-0.39, 0.29) is 6.10 Å². The van der Waals surface area contributed by atoms with Crippen molar-refractivity contribution in [2.45, 2.75) is 25.5 Å². The number of rotatable bonds is 5. The highest BCUT2D eigenvalue weighted by Crippen LogP contribution is 2.27. The van der Waals surface area contributed by atoms with Gasteiger partial charge in [0.25, 0.3) is 0 Å². The number of hydrogen-bond acceptors (Lipinski definition) is 4. The number of pyridine rings is 1. The molecule has 1 aliphatic heterocycles. The molecule has 2 heterocycles. The summed E-state index contributed by atoms with van der Waals surface area (Å²) < 4.78 is 5.94. The molecule has 2 atom stereocenters. The van der Waals surface area contributed by atoms with E-state index in [0.29, 0.717) is 6.04 Å². The van der Waals surface area contributed by atoms with Gasteiger partial charge in [-0.3, -0.25) is 9.88 Å². The Bertz CT molecular complexity index is 344. The van der Waals surface area contributed by atoms with Gasteiger partial charge in [0, 0.05) is 25.5 Å². The van der Waals surface area contributed by atoms with Crippen molar-refractivity contribution < 1.29 is 4.74 Å². The number of nitrogens with zero attached hydrogens (tertiary/aromatic N) is 2. The van der Waals surface area contributed by atoms with Crippen LogP contribution in [0.25, 0.3) is 0 Å². The van der Waals surface area contributed by atoms with Gasteiger partial charge >= 0.3 is 0 Å². The van der Waals surface area contributed by atoms with Crippen LogP contribution in [0.5, 0.6) is 0 Å². The Kier molecular flexibility index (Phi) is 5.11. The van der Waals surface area contributed by atoms with Crippen molar-refractivity contribution in [3.05, 3.63) is 30.1 Å². The molecule has 0 spiro atoms. The molecule has 100 valence electrons. The molecular weight excluding hydrogens is 226 g/mol. The zero-order chi connectivity index (χ0) is 12.8. The largest absolute Gasteiger partial charge is 0.374 e. The van der Waals surface area contributed by atoms with E-state index in [0.717, 1.165) is 32.7 Å². The lowest BCUT2D eigenvalue weighted by atomic mass is 9.99. The van der Waals surface area contributed by atoms with E-state index in [1.165, 1.54) is 5.56 Å². The summed E-state index contributed by atoms with van der Waals surface area (Å²) in [4.78, 5) is 6.46. The Morgan fingerprint density at radius 3 is 2.94 bits per heavy atom. The highest BCUT2D eigenvalue weighted by molar-refractivity contribution is 5.17. The monoisotopic (exact) mass is 249 g/mol. The number of aromatic nitrogens is 1. The summed E-state index contributed by atoms with van der Waals surface area (Å²) in [6.07, 6.45) is 5.09. The average Bonchev–Trinajstić information content (AvgIpc) is 2.40. The van der Waals surface area contributed by atoms with Gasteiger partial charge in [0.15, 0.2) is 0 Å². The van der Waals surface area contributed by atoms with Crippen LogP contribution in [0.3, 0.4) is 0 Å². The number of nitrogens with one attached hydrogen (secondary N) is 1. The lowest BCUT2D eigenvalue weighted by Gasteiger charge is -2.39. The second-order valence-corrected chi connectivity index (χ2v) is 4.82. The van der Waals surface area contributed by atoms with Crippen molar-refractivity contribution >= 4 is 0 Å². The lowest BCUT2D eigenvalue weighted by molar-refractivity contribution is -0.0613. The second kappa shape index (κ2) is 6.83. The third-order valence-electron chi connectivity index (χ3n) is 3.42. The van der Waals surface area contributed by atoms with Crippen LogP contribution in [0.4, 0.5) is 0 Å².